The van der Waals surface area contributed by atoms with E-state index in [-0.39, 0.29) is 38.3 Å². The summed E-state index contributed by atoms with van der Waals surface area (Å²) in [6, 6.07) is -11.4. The second kappa shape index (κ2) is 25.1. The van der Waals surface area contributed by atoms with Crippen molar-refractivity contribution in [3.8, 4) is 0 Å². The van der Waals surface area contributed by atoms with Gasteiger partial charge in [-0.2, -0.15) is 0 Å². The van der Waals surface area contributed by atoms with Gasteiger partial charge in [0.05, 0.1) is 18.8 Å². The van der Waals surface area contributed by atoms with E-state index in [1.807, 2.05) is 0 Å². The molecule has 0 bridgehead atoms. The van der Waals surface area contributed by atoms with Gasteiger partial charge >= 0.3 is 5.97 Å². The monoisotopic (exact) mass is 858 g/mol. The van der Waals surface area contributed by atoms with Crippen molar-refractivity contribution >= 4 is 59.2 Å². The number of likely N-dealkylation sites (tertiary alicyclic amines) is 1. The fraction of sp³-hybridized carbons (Fsp3) is 0.714. The van der Waals surface area contributed by atoms with Crippen LogP contribution >= 0.6 is 0 Å². The molecule has 340 valence electrons. The molecule has 1 rings (SSSR count). The Morgan fingerprint density at radius 3 is 1.80 bits per heavy atom. The topological polar surface area (TPSA) is 426 Å². The lowest BCUT2D eigenvalue weighted by molar-refractivity contribution is -0.145. The highest BCUT2D eigenvalue weighted by Gasteiger charge is 2.39. The Hall–Kier alpha value is -5.66. The highest BCUT2D eigenvalue weighted by atomic mass is 16.4. The number of primary amides is 1. The summed E-state index contributed by atoms with van der Waals surface area (Å²) in [5, 5.41) is 53.3. The van der Waals surface area contributed by atoms with Crippen LogP contribution in [-0.4, -0.2) is 165 Å². The third-order valence-electron chi connectivity index (χ3n) is 9.39. The molecule has 10 atom stereocenters. The Morgan fingerprint density at radius 1 is 0.717 bits per heavy atom. The molecule has 10 unspecified atom stereocenters. The number of hydrogen-bond donors (Lipinski definition) is 14. The molecule has 1 heterocycles. The fourth-order valence-electron chi connectivity index (χ4n) is 5.89. The number of amides is 8. The summed E-state index contributed by atoms with van der Waals surface area (Å²) >= 11 is 0. The van der Waals surface area contributed by atoms with Crippen LogP contribution in [0.1, 0.15) is 73.1 Å². The number of carbonyl (C=O) groups is 9. The molecule has 1 aliphatic rings. The molecule has 60 heavy (non-hydrogen) atoms. The Kier molecular flexibility index (Phi) is 21.9. The molecule has 1 saturated heterocycles. The first-order chi connectivity index (χ1) is 27.9. The van der Waals surface area contributed by atoms with Gasteiger partial charge in [0.2, 0.25) is 47.3 Å². The number of rotatable bonds is 25. The van der Waals surface area contributed by atoms with Crippen molar-refractivity contribution in [3.05, 3.63) is 0 Å². The van der Waals surface area contributed by atoms with Gasteiger partial charge in [0.1, 0.15) is 48.3 Å². The summed E-state index contributed by atoms with van der Waals surface area (Å²) in [4.78, 5) is 121. The molecule has 0 aromatic rings. The van der Waals surface area contributed by atoms with E-state index in [1.54, 1.807) is 13.8 Å². The highest BCUT2D eigenvalue weighted by Crippen LogP contribution is 2.19. The third-order valence-corrected chi connectivity index (χ3v) is 9.39. The van der Waals surface area contributed by atoms with Crippen molar-refractivity contribution in [2.24, 2.45) is 33.8 Å². The van der Waals surface area contributed by atoms with Crippen LogP contribution in [0.25, 0.3) is 0 Å². The van der Waals surface area contributed by atoms with E-state index in [9.17, 15) is 63.6 Å². The number of aliphatic imine (C=N–C) groups is 1. The molecule has 0 saturated carbocycles. The van der Waals surface area contributed by atoms with Gasteiger partial charge in [0.15, 0.2) is 5.96 Å². The van der Waals surface area contributed by atoms with E-state index in [0.717, 1.165) is 6.92 Å². The Balaban J connectivity index is 3.09. The summed E-state index contributed by atoms with van der Waals surface area (Å²) in [7, 11) is 0. The normalized spacial score (nSPS) is 18.2. The third kappa shape index (κ3) is 16.9. The van der Waals surface area contributed by atoms with E-state index < -0.39 is 139 Å². The van der Waals surface area contributed by atoms with E-state index in [1.165, 1.54) is 18.7 Å². The van der Waals surface area contributed by atoms with Crippen LogP contribution in [0.2, 0.25) is 0 Å². The fourth-order valence-corrected chi connectivity index (χ4v) is 5.89. The maximum absolute atomic E-state index is 13.6. The summed E-state index contributed by atoms with van der Waals surface area (Å²) in [5.74, 6) is -9.48. The van der Waals surface area contributed by atoms with Crippen LogP contribution < -0.4 is 54.8 Å². The number of nitrogens with zero attached hydrogens (tertiary/aromatic N) is 2. The zero-order valence-corrected chi connectivity index (χ0v) is 34.4. The zero-order valence-electron chi connectivity index (χ0n) is 34.4. The van der Waals surface area contributed by atoms with E-state index >= 15 is 0 Å². The van der Waals surface area contributed by atoms with Gasteiger partial charge in [-0.3, -0.25) is 43.3 Å². The molecule has 25 nitrogen and oxygen atoms in total. The van der Waals surface area contributed by atoms with Gasteiger partial charge in [-0.15, -0.1) is 0 Å². The summed E-state index contributed by atoms with van der Waals surface area (Å²) in [5.41, 5.74) is 21.4. The number of hydrogen-bond acceptors (Lipinski definition) is 14. The number of aliphatic hydroxyl groups is 3. The van der Waals surface area contributed by atoms with Gasteiger partial charge in [-0.25, -0.2) is 4.79 Å². The zero-order chi connectivity index (χ0) is 46.0. The highest BCUT2D eigenvalue weighted by molar-refractivity contribution is 5.98. The maximum atomic E-state index is 13.6. The SMILES string of the molecule is CC(NC(=O)C(NC(=O)C(CCC(N)=O)NC(=O)C(CO)NC(=O)C(NC(=O)C(N)C(C)O)C(C)O)C(C)C)C(=O)N1CCCC1C(=O)NC(CCCN=C(N)N)C(=O)O. The number of carbonyl (C=O) groups excluding carboxylic acids is 8. The van der Waals surface area contributed by atoms with Crippen LogP contribution in [0.5, 0.6) is 0 Å². The average Bonchev–Trinajstić information content (AvgIpc) is 3.66. The predicted molar refractivity (Wildman–Crippen MR) is 211 cm³/mol. The van der Waals surface area contributed by atoms with Gasteiger partial charge in [0, 0.05) is 19.5 Å². The summed E-state index contributed by atoms with van der Waals surface area (Å²) < 4.78 is 0. The molecule has 1 fully saturated rings. The first kappa shape index (κ1) is 52.4. The molecular weight excluding hydrogens is 796 g/mol. The molecule has 18 N–H and O–H groups in total. The van der Waals surface area contributed by atoms with Gasteiger partial charge in [-0.05, 0) is 58.8 Å². The molecule has 0 aromatic heterocycles. The number of aliphatic carboxylic acids is 1. The maximum Gasteiger partial charge on any atom is 0.326 e. The summed E-state index contributed by atoms with van der Waals surface area (Å²) in [6.07, 6.45) is -2.82. The van der Waals surface area contributed by atoms with Crippen molar-refractivity contribution in [2.75, 3.05) is 19.7 Å². The molecule has 0 aromatic carbocycles. The molecule has 8 amide bonds. The van der Waals surface area contributed by atoms with Crippen LogP contribution in [0, 0.1) is 5.92 Å². The average molecular weight is 859 g/mol. The van der Waals surface area contributed by atoms with Crippen LogP contribution in [0.4, 0.5) is 0 Å². The number of nitrogens with two attached hydrogens (primary N) is 4. The van der Waals surface area contributed by atoms with Crippen LogP contribution in [0.3, 0.4) is 0 Å². The minimum absolute atomic E-state index is 0.00633. The first-order valence-corrected chi connectivity index (χ1v) is 19.3. The second-order valence-corrected chi connectivity index (χ2v) is 14.8. The lowest BCUT2D eigenvalue weighted by Gasteiger charge is -2.30. The van der Waals surface area contributed by atoms with Crippen LogP contribution in [0.15, 0.2) is 4.99 Å². The Labute approximate surface area is 346 Å². The molecule has 0 radical (unpaired) electrons. The van der Waals surface area contributed by atoms with Crippen molar-refractivity contribution in [1.82, 2.24) is 36.8 Å². The Bertz CT molecular complexity index is 1570. The van der Waals surface area contributed by atoms with E-state index in [4.69, 9.17) is 22.9 Å². The number of aliphatic hydroxyl groups excluding tert-OH is 3. The number of carboxylic acid groups (broad SMARTS) is 1. The molecule has 0 aliphatic carbocycles. The molecule has 25 heteroatoms. The number of nitrogens with one attached hydrogen (secondary N) is 6. The molecule has 1 aliphatic heterocycles. The first-order valence-electron chi connectivity index (χ1n) is 19.3. The number of carboxylic acids is 1. The van der Waals surface area contributed by atoms with Gasteiger partial charge in [-0.1, -0.05) is 13.8 Å². The number of guanidine groups is 1. The predicted octanol–water partition coefficient (Wildman–Crippen LogP) is -6.95. The van der Waals surface area contributed by atoms with Crippen molar-refractivity contribution in [2.45, 2.75) is 134 Å². The quantitative estimate of drug-likeness (QED) is 0.0230. The lowest BCUT2D eigenvalue weighted by atomic mass is 10.0. The van der Waals surface area contributed by atoms with E-state index in [0.29, 0.717) is 6.42 Å². The molecule has 0 spiro atoms. The second-order valence-electron chi connectivity index (χ2n) is 14.8. The largest absolute Gasteiger partial charge is 0.480 e. The van der Waals surface area contributed by atoms with E-state index in [2.05, 4.69) is 36.9 Å². The van der Waals surface area contributed by atoms with Crippen LogP contribution in [-0.2, 0) is 43.2 Å². The van der Waals surface area contributed by atoms with Gasteiger partial charge < -0.3 is 80.2 Å². The smallest absolute Gasteiger partial charge is 0.326 e. The van der Waals surface area contributed by atoms with Crippen molar-refractivity contribution in [3.63, 3.8) is 0 Å². The minimum atomic E-state index is -1.77. The van der Waals surface area contributed by atoms with Gasteiger partial charge in [0.25, 0.3) is 0 Å². The Morgan fingerprint density at radius 2 is 1.28 bits per heavy atom. The molecular formula is C35H62N12O13. The lowest BCUT2D eigenvalue weighted by Crippen LogP contribution is -2.62. The standard InChI is InChI=1S/C35H62N12O13/c1-15(2)25(31(56)41-16(3)33(58)47-13-7-9-22(47)29(54)43-20(34(59)60)8-6-12-40-35(38)39)45-27(52)19(10-11-23(36)51)42-28(53)21(14-48)44-32(57)26(18(5)50)46-30(55)24(37)17(4)49/h15-22,24-26,48-50H,6-14,37H2,1-5H3,(H2,36,51)(H,41,56)(H,42,53)(H,43,54)(H,44,57)(H,45,52)(H,46,55)(H,59,60)(H4,38,39,40). The minimum Gasteiger partial charge on any atom is -0.480 e. The summed E-state index contributed by atoms with van der Waals surface area (Å²) in [6.45, 7) is 6.06. The van der Waals surface area contributed by atoms with Crippen molar-refractivity contribution < 1.29 is 63.6 Å². The van der Waals surface area contributed by atoms with Crippen molar-refractivity contribution in [1.29, 1.82) is 0 Å².